The zero-order valence-electron chi connectivity index (χ0n) is 18.7. The summed E-state index contributed by atoms with van der Waals surface area (Å²) < 4.78 is 5.46. The fraction of sp³-hybridized carbons (Fsp3) is 0.250. The average Bonchev–Trinajstić information content (AvgIpc) is 2.85. The maximum absolute atomic E-state index is 12.3. The summed E-state index contributed by atoms with van der Waals surface area (Å²) in [6.45, 7) is 2.53. The van der Waals surface area contributed by atoms with Gasteiger partial charge in [-0.1, -0.05) is 18.2 Å². The van der Waals surface area contributed by atoms with Crippen molar-refractivity contribution < 1.29 is 19.4 Å². The van der Waals surface area contributed by atoms with Gasteiger partial charge in [0.1, 0.15) is 5.82 Å². The van der Waals surface area contributed by atoms with Crippen LogP contribution in [0.5, 0.6) is 0 Å². The Morgan fingerprint density at radius 3 is 2.23 bits per heavy atom. The van der Waals surface area contributed by atoms with Gasteiger partial charge in [-0.15, -0.1) is 11.8 Å². The fourth-order valence-electron chi connectivity index (χ4n) is 3.59. The number of nitrogens with zero attached hydrogens (tertiary/aromatic N) is 3. The molecular formula is C24H26N5NaO4S. The van der Waals surface area contributed by atoms with Crippen LogP contribution in [0.25, 0.3) is 11.4 Å². The second kappa shape index (κ2) is 12.9. The number of amides is 2. The van der Waals surface area contributed by atoms with E-state index in [2.05, 4.69) is 20.5 Å². The summed E-state index contributed by atoms with van der Waals surface area (Å²) in [5.74, 6) is 0.217. The summed E-state index contributed by atoms with van der Waals surface area (Å²) in [6, 6.07) is 16.0. The molecule has 9 nitrogen and oxygen atoms in total. The van der Waals surface area contributed by atoms with E-state index in [1.165, 1.54) is 11.8 Å². The number of para-hydroxylation sites is 1. The van der Waals surface area contributed by atoms with Gasteiger partial charge in [0.15, 0.2) is 5.82 Å². The van der Waals surface area contributed by atoms with Crippen LogP contribution < -0.4 is 15.5 Å². The van der Waals surface area contributed by atoms with E-state index < -0.39 is 5.97 Å². The number of morpholine rings is 1. The average molecular weight is 504 g/mol. The predicted molar refractivity (Wildman–Crippen MR) is 140 cm³/mol. The van der Waals surface area contributed by atoms with Gasteiger partial charge in [0, 0.05) is 30.0 Å². The van der Waals surface area contributed by atoms with Crippen molar-refractivity contribution in [2.24, 2.45) is 0 Å². The van der Waals surface area contributed by atoms with Gasteiger partial charge in [0.2, 0.25) is 0 Å². The monoisotopic (exact) mass is 503 g/mol. The summed E-state index contributed by atoms with van der Waals surface area (Å²) in [7, 11) is 0. The second-order valence-corrected chi connectivity index (χ2v) is 8.36. The van der Waals surface area contributed by atoms with E-state index in [0.717, 1.165) is 16.3 Å². The Balaban J connectivity index is 0.00000342. The van der Waals surface area contributed by atoms with Gasteiger partial charge in [0.05, 0.1) is 30.2 Å². The van der Waals surface area contributed by atoms with Crippen LogP contribution in [0.4, 0.5) is 22.0 Å². The number of urea groups is 1. The first-order valence-electron chi connectivity index (χ1n) is 10.8. The molecule has 1 aromatic heterocycles. The van der Waals surface area contributed by atoms with Crippen LogP contribution in [0.15, 0.2) is 59.5 Å². The predicted octanol–water partition coefficient (Wildman–Crippen LogP) is 3.32. The van der Waals surface area contributed by atoms with Crippen molar-refractivity contribution in [2.75, 3.05) is 48.1 Å². The normalized spacial score (nSPS) is 13.0. The third-order valence-electron chi connectivity index (χ3n) is 5.18. The van der Waals surface area contributed by atoms with Crippen LogP contribution in [-0.2, 0) is 16.0 Å². The number of carboxylic acids is 1. The van der Waals surface area contributed by atoms with Crippen molar-refractivity contribution in [3.63, 3.8) is 0 Å². The number of benzene rings is 2. The molecule has 0 spiro atoms. The minimum absolute atomic E-state index is 0. The van der Waals surface area contributed by atoms with Crippen LogP contribution in [0, 0.1) is 0 Å². The number of aliphatic carboxylic acids is 1. The van der Waals surface area contributed by atoms with Crippen LogP contribution in [0.1, 0.15) is 5.69 Å². The number of aromatic nitrogens is 2. The molecule has 0 unspecified atom stereocenters. The number of carboxylic acid groups (broad SMARTS) is 1. The molecule has 3 aromatic rings. The first kappa shape index (κ1) is 27.0. The number of rotatable bonds is 7. The van der Waals surface area contributed by atoms with Gasteiger partial charge in [-0.05, 0) is 42.7 Å². The van der Waals surface area contributed by atoms with Gasteiger partial charge in [0.25, 0.3) is 0 Å². The number of thioether (sulfide) groups is 1. The minimum atomic E-state index is -0.947. The molecule has 11 heteroatoms. The Morgan fingerprint density at radius 1 is 1.00 bits per heavy atom. The van der Waals surface area contributed by atoms with Gasteiger partial charge in [-0.2, -0.15) is 0 Å². The molecule has 0 atom stereocenters. The first-order chi connectivity index (χ1) is 16.5. The third-order valence-corrected chi connectivity index (χ3v) is 6.01. The van der Waals surface area contributed by atoms with Crippen LogP contribution in [-0.4, -0.2) is 89.2 Å². The topological polar surface area (TPSA) is 117 Å². The van der Waals surface area contributed by atoms with E-state index in [-0.39, 0.29) is 42.0 Å². The number of nitrogens with one attached hydrogen (secondary N) is 2. The number of carbonyl (C=O) groups excluding carboxylic acids is 1. The molecule has 2 amide bonds. The molecule has 1 saturated heterocycles. The molecule has 3 N–H and O–H groups in total. The Hall–Kier alpha value is -2.63. The molecule has 0 radical (unpaired) electrons. The standard InChI is InChI=1S/C24H25N5O4S.Na.H/c1-34-21-19(15-20(30)31)27-22(28-23(21)29-11-13-33-14-12-29)16-7-9-18(10-8-16)26-24(32)25-17-5-3-2-4-6-17;;/h2-10H,11-15H2,1H3,(H,30,31)(H2,25,26,32);;. The van der Waals surface area contributed by atoms with Crippen molar-refractivity contribution in [3.8, 4) is 11.4 Å². The Labute approximate surface area is 230 Å². The molecule has 2 aromatic carbocycles. The van der Waals surface area contributed by atoms with Crippen molar-refractivity contribution in [1.29, 1.82) is 0 Å². The fourth-order valence-corrected chi connectivity index (χ4v) is 4.30. The SMILES string of the molecule is CSc1c(CC(=O)O)nc(-c2ccc(NC(=O)Nc3ccccc3)cc2)nc1N1CCOCC1.[NaH]. The molecule has 1 aliphatic heterocycles. The van der Waals surface area contributed by atoms with Crippen molar-refractivity contribution >= 4 is 70.5 Å². The molecule has 1 fully saturated rings. The Bertz CT molecular complexity index is 1160. The number of carbonyl (C=O) groups is 2. The second-order valence-electron chi connectivity index (χ2n) is 7.54. The van der Waals surface area contributed by atoms with Crippen molar-refractivity contribution in [3.05, 3.63) is 60.3 Å². The summed E-state index contributed by atoms with van der Waals surface area (Å²) in [6.07, 6.45) is 1.71. The van der Waals surface area contributed by atoms with E-state index >= 15 is 0 Å². The molecule has 0 aliphatic carbocycles. The van der Waals surface area contributed by atoms with Gasteiger partial charge in [-0.3, -0.25) is 4.79 Å². The van der Waals surface area contributed by atoms with E-state index in [4.69, 9.17) is 9.72 Å². The van der Waals surface area contributed by atoms with E-state index in [1.807, 2.05) is 24.5 Å². The van der Waals surface area contributed by atoms with Crippen LogP contribution >= 0.6 is 11.8 Å². The molecule has 4 rings (SSSR count). The Morgan fingerprint density at radius 2 is 1.63 bits per heavy atom. The van der Waals surface area contributed by atoms with Gasteiger partial charge in [-0.25, -0.2) is 14.8 Å². The van der Waals surface area contributed by atoms with Crippen LogP contribution in [0.2, 0.25) is 0 Å². The summed E-state index contributed by atoms with van der Waals surface area (Å²) in [5.41, 5.74) is 2.51. The first-order valence-corrected chi connectivity index (χ1v) is 12.0. The molecule has 2 heterocycles. The molecule has 35 heavy (non-hydrogen) atoms. The zero-order chi connectivity index (χ0) is 23.9. The Kier molecular flexibility index (Phi) is 9.93. The summed E-state index contributed by atoms with van der Waals surface area (Å²) >= 11 is 1.45. The number of hydrogen-bond acceptors (Lipinski definition) is 7. The van der Waals surface area contributed by atoms with Crippen molar-refractivity contribution in [1.82, 2.24) is 9.97 Å². The summed E-state index contributed by atoms with van der Waals surface area (Å²) in [4.78, 5) is 36.0. The third kappa shape index (κ3) is 7.18. The zero-order valence-corrected chi connectivity index (χ0v) is 19.5. The van der Waals surface area contributed by atoms with Crippen molar-refractivity contribution in [2.45, 2.75) is 11.3 Å². The molecule has 0 saturated carbocycles. The molecular weight excluding hydrogens is 477 g/mol. The number of hydrogen-bond donors (Lipinski definition) is 3. The quantitative estimate of drug-likeness (QED) is 0.332. The molecule has 1 aliphatic rings. The molecule has 178 valence electrons. The van der Waals surface area contributed by atoms with E-state index in [1.54, 1.807) is 36.4 Å². The van der Waals surface area contributed by atoms with E-state index in [0.29, 0.717) is 49.2 Å². The molecule has 0 bridgehead atoms. The van der Waals surface area contributed by atoms with E-state index in [9.17, 15) is 14.7 Å². The number of anilines is 3. The number of ether oxygens (including phenoxy) is 1. The van der Waals surface area contributed by atoms with Gasteiger partial charge >= 0.3 is 41.6 Å². The maximum atomic E-state index is 12.3. The van der Waals surface area contributed by atoms with Gasteiger partial charge < -0.3 is 25.4 Å². The summed E-state index contributed by atoms with van der Waals surface area (Å²) in [5, 5.41) is 15.0. The van der Waals surface area contributed by atoms with Crippen LogP contribution in [0.3, 0.4) is 0 Å².